The third kappa shape index (κ3) is 3.49. The van der Waals surface area contributed by atoms with E-state index in [4.69, 9.17) is 20.3 Å². The van der Waals surface area contributed by atoms with Crippen LogP contribution in [-0.2, 0) is 6.61 Å². The Labute approximate surface area is 122 Å². The number of primary amides is 1. The number of hydrogen-bond acceptors (Lipinski definition) is 5. The van der Waals surface area contributed by atoms with Gasteiger partial charge in [0.1, 0.15) is 0 Å². The quantitative estimate of drug-likeness (QED) is 0.874. The van der Waals surface area contributed by atoms with E-state index in [-0.39, 0.29) is 12.5 Å². The standard InChI is InChI=1S/C15H16N2O4/c1-9-5-11(15(16)19)7-14(17-9)21-12-4-3-10(8-18)6-13(12)20-2/h3-7,18H,8H2,1-2H3,(H2,16,19). The number of nitrogens with zero attached hydrogens (tertiary/aromatic N) is 1. The van der Waals surface area contributed by atoms with Gasteiger partial charge < -0.3 is 20.3 Å². The Hall–Kier alpha value is -2.60. The fourth-order valence-electron chi connectivity index (χ4n) is 1.84. The molecule has 1 amide bonds. The molecule has 1 heterocycles. The molecule has 0 unspecified atom stereocenters. The van der Waals surface area contributed by atoms with Crippen LogP contribution in [0.25, 0.3) is 0 Å². The Morgan fingerprint density at radius 2 is 2.05 bits per heavy atom. The number of amides is 1. The Bertz CT molecular complexity index is 671. The minimum Gasteiger partial charge on any atom is -0.493 e. The number of carbonyl (C=O) groups is 1. The summed E-state index contributed by atoms with van der Waals surface area (Å²) in [4.78, 5) is 15.4. The third-order valence-corrected chi connectivity index (χ3v) is 2.84. The SMILES string of the molecule is COc1cc(CO)ccc1Oc1cc(C(N)=O)cc(C)n1. The lowest BCUT2D eigenvalue weighted by Gasteiger charge is -2.11. The van der Waals surface area contributed by atoms with E-state index in [1.165, 1.54) is 13.2 Å². The average Bonchev–Trinajstić information content (AvgIpc) is 2.47. The van der Waals surface area contributed by atoms with E-state index in [2.05, 4.69) is 4.98 Å². The molecule has 110 valence electrons. The van der Waals surface area contributed by atoms with Gasteiger partial charge in [-0.15, -0.1) is 0 Å². The molecule has 0 fully saturated rings. The van der Waals surface area contributed by atoms with Gasteiger partial charge in [0.25, 0.3) is 0 Å². The summed E-state index contributed by atoms with van der Waals surface area (Å²) >= 11 is 0. The fraction of sp³-hybridized carbons (Fsp3) is 0.200. The molecule has 21 heavy (non-hydrogen) atoms. The van der Waals surface area contributed by atoms with Crippen LogP contribution in [0.15, 0.2) is 30.3 Å². The number of hydrogen-bond donors (Lipinski definition) is 2. The monoisotopic (exact) mass is 288 g/mol. The highest BCUT2D eigenvalue weighted by Gasteiger charge is 2.10. The Morgan fingerprint density at radius 1 is 1.29 bits per heavy atom. The molecule has 0 spiro atoms. The van der Waals surface area contributed by atoms with Crippen LogP contribution in [0.3, 0.4) is 0 Å². The summed E-state index contributed by atoms with van der Waals surface area (Å²) in [6, 6.07) is 8.09. The maximum atomic E-state index is 11.3. The zero-order valence-corrected chi connectivity index (χ0v) is 11.8. The topological polar surface area (TPSA) is 94.7 Å². The summed E-state index contributed by atoms with van der Waals surface area (Å²) in [5.74, 6) is 0.598. The molecule has 0 aliphatic rings. The van der Waals surface area contributed by atoms with Crippen molar-refractivity contribution in [2.24, 2.45) is 5.73 Å². The zero-order valence-electron chi connectivity index (χ0n) is 11.8. The van der Waals surface area contributed by atoms with Crippen molar-refractivity contribution in [3.8, 4) is 17.4 Å². The molecule has 0 saturated carbocycles. The summed E-state index contributed by atoms with van der Waals surface area (Å²) in [7, 11) is 1.50. The van der Waals surface area contributed by atoms with Crippen molar-refractivity contribution >= 4 is 5.91 Å². The molecule has 0 aliphatic heterocycles. The van der Waals surface area contributed by atoms with Gasteiger partial charge in [-0.3, -0.25) is 4.79 Å². The van der Waals surface area contributed by atoms with E-state index in [1.54, 1.807) is 31.2 Å². The number of pyridine rings is 1. The van der Waals surface area contributed by atoms with Crippen molar-refractivity contribution in [1.29, 1.82) is 0 Å². The van der Waals surface area contributed by atoms with Gasteiger partial charge in [-0.1, -0.05) is 6.07 Å². The molecule has 0 saturated heterocycles. The Kier molecular flexibility index (Phi) is 4.39. The lowest BCUT2D eigenvalue weighted by Crippen LogP contribution is -2.11. The van der Waals surface area contributed by atoms with Gasteiger partial charge in [-0.25, -0.2) is 4.98 Å². The van der Waals surface area contributed by atoms with Crippen LogP contribution in [0.2, 0.25) is 0 Å². The van der Waals surface area contributed by atoms with Crippen molar-refractivity contribution in [3.63, 3.8) is 0 Å². The fourth-order valence-corrected chi connectivity index (χ4v) is 1.84. The number of aliphatic hydroxyl groups is 1. The smallest absolute Gasteiger partial charge is 0.248 e. The zero-order chi connectivity index (χ0) is 15.4. The molecule has 6 nitrogen and oxygen atoms in total. The first kappa shape index (κ1) is 14.8. The number of aromatic nitrogens is 1. The maximum absolute atomic E-state index is 11.3. The second-order valence-electron chi connectivity index (χ2n) is 4.45. The van der Waals surface area contributed by atoms with E-state index in [0.717, 1.165) is 0 Å². The molecular formula is C15H16N2O4. The number of ether oxygens (including phenoxy) is 2. The summed E-state index contributed by atoms with van der Waals surface area (Å²) in [6.07, 6.45) is 0. The van der Waals surface area contributed by atoms with Gasteiger partial charge in [-0.2, -0.15) is 0 Å². The number of carbonyl (C=O) groups excluding carboxylic acids is 1. The first-order chi connectivity index (χ1) is 10.0. The molecule has 6 heteroatoms. The van der Waals surface area contributed by atoms with Crippen LogP contribution >= 0.6 is 0 Å². The number of methoxy groups -OCH3 is 1. The highest BCUT2D eigenvalue weighted by molar-refractivity contribution is 5.93. The van der Waals surface area contributed by atoms with Crippen LogP contribution < -0.4 is 15.2 Å². The minimum absolute atomic E-state index is 0.0921. The van der Waals surface area contributed by atoms with Gasteiger partial charge in [-0.05, 0) is 30.7 Å². The molecule has 0 bridgehead atoms. The Morgan fingerprint density at radius 3 is 2.67 bits per heavy atom. The summed E-state index contributed by atoms with van der Waals surface area (Å²) < 4.78 is 10.9. The molecule has 1 aromatic carbocycles. The molecular weight excluding hydrogens is 272 g/mol. The minimum atomic E-state index is -0.548. The van der Waals surface area contributed by atoms with Crippen LogP contribution in [0.5, 0.6) is 17.4 Å². The highest BCUT2D eigenvalue weighted by atomic mass is 16.5. The van der Waals surface area contributed by atoms with Crippen LogP contribution in [0, 0.1) is 6.92 Å². The van der Waals surface area contributed by atoms with Crippen molar-refractivity contribution < 1.29 is 19.4 Å². The van der Waals surface area contributed by atoms with Gasteiger partial charge in [0.05, 0.1) is 13.7 Å². The second-order valence-corrected chi connectivity index (χ2v) is 4.45. The van der Waals surface area contributed by atoms with Crippen molar-refractivity contribution in [1.82, 2.24) is 4.98 Å². The lowest BCUT2D eigenvalue weighted by molar-refractivity contribution is 0.0999. The number of benzene rings is 1. The molecule has 0 radical (unpaired) electrons. The third-order valence-electron chi connectivity index (χ3n) is 2.84. The van der Waals surface area contributed by atoms with E-state index in [0.29, 0.717) is 28.3 Å². The normalized spacial score (nSPS) is 10.2. The second kappa shape index (κ2) is 6.23. The first-order valence-electron chi connectivity index (χ1n) is 6.27. The average molecular weight is 288 g/mol. The number of aliphatic hydroxyl groups excluding tert-OH is 1. The predicted molar refractivity (Wildman–Crippen MR) is 76.5 cm³/mol. The largest absolute Gasteiger partial charge is 0.493 e. The van der Waals surface area contributed by atoms with Crippen LogP contribution in [-0.4, -0.2) is 23.1 Å². The van der Waals surface area contributed by atoms with Crippen molar-refractivity contribution in [2.75, 3.05) is 7.11 Å². The van der Waals surface area contributed by atoms with Gasteiger partial charge >= 0.3 is 0 Å². The molecule has 3 N–H and O–H groups in total. The van der Waals surface area contributed by atoms with Crippen molar-refractivity contribution in [3.05, 3.63) is 47.2 Å². The number of rotatable bonds is 5. The number of aryl methyl sites for hydroxylation is 1. The summed E-state index contributed by atoms with van der Waals surface area (Å²) in [5.41, 5.74) is 6.91. The van der Waals surface area contributed by atoms with Gasteiger partial charge in [0.2, 0.25) is 11.8 Å². The van der Waals surface area contributed by atoms with E-state index < -0.39 is 5.91 Å². The molecule has 1 aromatic heterocycles. The first-order valence-corrected chi connectivity index (χ1v) is 6.27. The molecule has 2 aromatic rings. The summed E-state index contributed by atoms with van der Waals surface area (Å²) in [6.45, 7) is 1.65. The highest BCUT2D eigenvalue weighted by Crippen LogP contribution is 2.32. The molecule has 0 aliphatic carbocycles. The van der Waals surface area contributed by atoms with Gasteiger partial charge in [0.15, 0.2) is 11.5 Å². The summed E-state index contributed by atoms with van der Waals surface area (Å²) in [5, 5.41) is 9.11. The lowest BCUT2D eigenvalue weighted by atomic mass is 10.2. The van der Waals surface area contributed by atoms with Crippen LogP contribution in [0.4, 0.5) is 0 Å². The van der Waals surface area contributed by atoms with E-state index >= 15 is 0 Å². The Balaban J connectivity index is 2.35. The van der Waals surface area contributed by atoms with Crippen molar-refractivity contribution in [2.45, 2.75) is 13.5 Å². The molecule has 0 atom stereocenters. The van der Waals surface area contributed by atoms with Gasteiger partial charge in [0, 0.05) is 17.3 Å². The van der Waals surface area contributed by atoms with E-state index in [9.17, 15) is 4.79 Å². The number of nitrogens with two attached hydrogens (primary N) is 1. The molecule has 2 rings (SSSR count). The van der Waals surface area contributed by atoms with E-state index in [1.807, 2.05) is 0 Å². The van der Waals surface area contributed by atoms with Crippen LogP contribution in [0.1, 0.15) is 21.6 Å². The predicted octanol–water partition coefficient (Wildman–Crippen LogP) is 1.78. The maximum Gasteiger partial charge on any atom is 0.248 e.